The lowest BCUT2D eigenvalue weighted by atomic mass is 9.97. The van der Waals surface area contributed by atoms with E-state index in [0.29, 0.717) is 5.69 Å². The van der Waals surface area contributed by atoms with Gasteiger partial charge in [-0.1, -0.05) is 0 Å². The molecule has 0 spiro atoms. The van der Waals surface area contributed by atoms with Crippen LogP contribution in [-0.2, 0) is 9.59 Å². The molecule has 18 heavy (non-hydrogen) atoms. The minimum Gasteiger partial charge on any atom is -0.366 e. The molecule has 6 nitrogen and oxygen atoms in total. The first-order valence-corrected chi connectivity index (χ1v) is 4.93. The van der Waals surface area contributed by atoms with Crippen molar-refractivity contribution in [1.29, 1.82) is 0 Å². The molecule has 89 valence electrons. The molecule has 0 saturated carbocycles. The Morgan fingerprint density at radius 1 is 1.33 bits per heavy atom. The van der Waals surface area contributed by atoms with Crippen LogP contribution in [-0.4, -0.2) is 23.9 Å². The van der Waals surface area contributed by atoms with Crippen LogP contribution < -0.4 is 11.1 Å². The van der Waals surface area contributed by atoms with E-state index in [2.05, 4.69) is 5.32 Å². The predicted molar refractivity (Wildman–Crippen MR) is 62.6 cm³/mol. The van der Waals surface area contributed by atoms with E-state index < -0.39 is 17.6 Å². The van der Waals surface area contributed by atoms with Crippen LogP contribution in [0.15, 0.2) is 18.2 Å². The van der Waals surface area contributed by atoms with E-state index in [1.165, 1.54) is 24.5 Å². The second-order valence-electron chi connectivity index (χ2n) is 3.55. The molecule has 1 aromatic carbocycles. The summed E-state index contributed by atoms with van der Waals surface area (Å²) < 4.78 is 0. The van der Waals surface area contributed by atoms with Gasteiger partial charge < -0.3 is 11.1 Å². The average Bonchev–Trinajstić information content (AvgIpc) is 2.62. The zero-order valence-corrected chi connectivity index (χ0v) is 9.02. The van der Waals surface area contributed by atoms with E-state index in [0.717, 1.165) is 6.08 Å². The monoisotopic (exact) mass is 243 g/mol. The maximum Gasteiger partial charge on any atom is 0.296 e. The number of fused-ring (bicyclic) bond motifs is 1. The van der Waals surface area contributed by atoms with Gasteiger partial charge in [0.1, 0.15) is 0 Å². The minimum atomic E-state index is -0.781. The number of rotatable bonds is 3. The summed E-state index contributed by atoms with van der Waals surface area (Å²) in [6, 6.07) is 2.80. The highest BCUT2D eigenvalue weighted by molar-refractivity contribution is 6.52. The summed E-state index contributed by atoms with van der Waals surface area (Å²) in [5, 5.41) is 2.36. The number of benzene rings is 1. The summed E-state index contributed by atoms with van der Waals surface area (Å²) in [5.41, 5.74) is 5.71. The molecule has 6 heteroatoms. The fourth-order valence-corrected chi connectivity index (χ4v) is 1.77. The van der Waals surface area contributed by atoms with Crippen LogP contribution in [0.3, 0.4) is 0 Å². The van der Waals surface area contributed by atoms with Crippen molar-refractivity contribution in [2.24, 2.45) is 5.73 Å². The maximum atomic E-state index is 11.7. The van der Waals surface area contributed by atoms with Crippen LogP contribution in [0, 0.1) is 0 Å². The van der Waals surface area contributed by atoms with E-state index in [-0.39, 0.29) is 16.7 Å². The Morgan fingerprint density at radius 3 is 2.67 bits per heavy atom. The van der Waals surface area contributed by atoms with Gasteiger partial charge in [0.15, 0.2) is 0 Å². The molecule has 1 aliphatic rings. The molecule has 0 aromatic heterocycles. The number of ketones is 1. The van der Waals surface area contributed by atoms with Gasteiger partial charge in [-0.2, -0.15) is 0 Å². The second kappa shape index (κ2) is 4.25. The second-order valence-corrected chi connectivity index (χ2v) is 3.55. The summed E-state index contributed by atoms with van der Waals surface area (Å²) >= 11 is 0. The summed E-state index contributed by atoms with van der Waals surface area (Å²) in [6.07, 6.45) is 3.72. The zero-order chi connectivity index (χ0) is 13.3. The third-order valence-electron chi connectivity index (χ3n) is 2.51. The number of allylic oxidation sites excluding steroid dienone is 1. The molecule has 0 unspecified atom stereocenters. The Morgan fingerprint density at radius 2 is 2.06 bits per heavy atom. The van der Waals surface area contributed by atoms with Crippen molar-refractivity contribution in [2.75, 3.05) is 5.32 Å². The largest absolute Gasteiger partial charge is 0.366 e. The van der Waals surface area contributed by atoms with Crippen molar-refractivity contribution >= 4 is 35.6 Å². The number of primary amides is 1. The van der Waals surface area contributed by atoms with E-state index in [1.807, 2.05) is 0 Å². The van der Waals surface area contributed by atoms with Gasteiger partial charge in [-0.15, -0.1) is 0 Å². The highest BCUT2D eigenvalue weighted by Crippen LogP contribution is 2.29. The first kappa shape index (κ1) is 11.7. The van der Waals surface area contributed by atoms with Crippen LogP contribution in [0.1, 0.15) is 26.3 Å². The van der Waals surface area contributed by atoms with Gasteiger partial charge in [-0.05, 0) is 24.3 Å². The van der Waals surface area contributed by atoms with E-state index in [9.17, 15) is 19.2 Å². The average molecular weight is 243 g/mol. The molecule has 0 saturated heterocycles. The maximum absolute atomic E-state index is 11.7. The molecule has 1 aromatic rings. The molecule has 1 heterocycles. The Balaban J connectivity index is 2.73. The van der Waals surface area contributed by atoms with Crippen molar-refractivity contribution in [2.45, 2.75) is 0 Å². The molecule has 0 aliphatic carbocycles. The normalized spacial score (nSPS) is 13.6. The number of amides is 2. The van der Waals surface area contributed by atoms with Gasteiger partial charge in [-0.3, -0.25) is 19.2 Å². The van der Waals surface area contributed by atoms with Crippen molar-refractivity contribution in [3.63, 3.8) is 0 Å². The topological polar surface area (TPSA) is 106 Å². The number of nitrogens with one attached hydrogen (secondary N) is 1. The number of anilines is 1. The Labute approximate surface area is 101 Å². The van der Waals surface area contributed by atoms with Crippen LogP contribution in [0.2, 0.25) is 0 Å². The number of Topliss-reactive ketones (excluding diaryl/α,β-unsaturated/α-hetero) is 1. The van der Waals surface area contributed by atoms with Crippen molar-refractivity contribution in [1.82, 2.24) is 0 Å². The molecule has 2 rings (SSSR count). The summed E-state index contributed by atoms with van der Waals surface area (Å²) in [5.74, 6) is -2.30. The molecule has 1 radical (unpaired) electrons. The molecular weight excluding hydrogens is 236 g/mol. The first-order valence-electron chi connectivity index (χ1n) is 4.93. The van der Waals surface area contributed by atoms with E-state index in [1.54, 1.807) is 0 Å². The summed E-state index contributed by atoms with van der Waals surface area (Å²) in [6.45, 7) is 0. The van der Waals surface area contributed by atoms with Crippen LogP contribution >= 0.6 is 0 Å². The standard InChI is InChI=1S/C12H7N2O4/c13-11(17)7-3-4-8-9(6(7)2-1-5-15)10(16)12(18)14-8/h1-4H,(H2,13,17)(H,14,16,18)/b2-1+. The van der Waals surface area contributed by atoms with Crippen molar-refractivity contribution < 1.29 is 19.2 Å². The smallest absolute Gasteiger partial charge is 0.296 e. The highest BCUT2D eigenvalue weighted by atomic mass is 16.2. The summed E-state index contributed by atoms with van der Waals surface area (Å²) in [4.78, 5) is 44.4. The SMILES string of the molecule is NC(=O)c1ccc2c(c1/C=C/[C]=O)C(=O)C(=O)N2. The van der Waals surface area contributed by atoms with Crippen LogP contribution in [0.4, 0.5) is 5.69 Å². The molecule has 1 aliphatic heterocycles. The summed E-state index contributed by atoms with van der Waals surface area (Å²) in [7, 11) is 0. The van der Waals surface area contributed by atoms with Crippen molar-refractivity contribution in [3.8, 4) is 0 Å². The Bertz CT molecular complexity index is 617. The number of carbonyl (C=O) groups excluding carboxylic acids is 4. The molecular formula is C12H7N2O4. The fraction of sp³-hybridized carbons (Fsp3) is 0. The quantitative estimate of drug-likeness (QED) is 0.577. The Hall–Kier alpha value is -2.76. The van der Waals surface area contributed by atoms with Gasteiger partial charge in [0.25, 0.3) is 11.7 Å². The number of carbonyl (C=O) groups is 3. The van der Waals surface area contributed by atoms with Crippen LogP contribution in [0.25, 0.3) is 6.08 Å². The van der Waals surface area contributed by atoms with E-state index >= 15 is 0 Å². The fourth-order valence-electron chi connectivity index (χ4n) is 1.77. The highest BCUT2D eigenvalue weighted by Gasteiger charge is 2.31. The van der Waals surface area contributed by atoms with Gasteiger partial charge in [0.2, 0.25) is 12.2 Å². The first-order chi connectivity index (χ1) is 8.56. The van der Waals surface area contributed by atoms with E-state index in [4.69, 9.17) is 5.73 Å². The minimum absolute atomic E-state index is 0.0443. The lowest BCUT2D eigenvalue weighted by Crippen LogP contribution is -2.15. The predicted octanol–water partition coefficient (Wildman–Crippen LogP) is 0.0432. The number of hydrogen-bond donors (Lipinski definition) is 2. The number of hydrogen-bond acceptors (Lipinski definition) is 4. The molecule has 0 bridgehead atoms. The van der Waals surface area contributed by atoms with Gasteiger partial charge in [0.05, 0.1) is 11.3 Å². The van der Waals surface area contributed by atoms with Crippen molar-refractivity contribution in [3.05, 3.63) is 34.9 Å². The lowest BCUT2D eigenvalue weighted by molar-refractivity contribution is -0.112. The molecule has 0 fully saturated rings. The zero-order valence-electron chi connectivity index (χ0n) is 9.02. The third kappa shape index (κ3) is 1.69. The molecule has 3 N–H and O–H groups in total. The molecule has 0 atom stereocenters. The van der Waals surface area contributed by atoms with Crippen LogP contribution in [0.5, 0.6) is 0 Å². The molecule has 2 amide bonds. The third-order valence-corrected chi connectivity index (χ3v) is 2.51. The van der Waals surface area contributed by atoms with Gasteiger partial charge in [0, 0.05) is 11.1 Å². The number of nitrogens with two attached hydrogens (primary N) is 1. The Kier molecular flexibility index (Phi) is 2.77. The van der Waals surface area contributed by atoms with Gasteiger partial charge >= 0.3 is 0 Å². The van der Waals surface area contributed by atoms with Gasteiger partial charge in [-0.25, -0.2) is 0 Å². The lowest BCUT2D eigenvalue weighted by Gasteiger charge is -2.06.